The van der Waals surface area contributed by atoms with Crippen LogP contribution < -0.4 is 5.56 Å². The molecular weight excluding hydrogens is 396 g/mol. The Kier molecular flexibility index (Phi) is 5.36. The summed E-state index contributed by atoms with van der Waals surface area (Å²) in [6.07, 6.45) is 3.29. The van der Waals surface area contributed by atoms with Gasteiger partial charge in [-0.15, -0.1) is 0 Å². The highest BCUT2D eigenvalue weighted by Crippen LogP contribution is 2.24. The van der Waals surface area contributed by atoms with E-state index >= 15 is 0 Å². The third kappa shape index (κ3) is 4.03. The number of rotatable bonds is 5. The molecule has 5 rings (SSSR count). The van der Waals surface area contributed by atoms with Gasteiger partial charge >= 0.3 is 0 Å². The van der Waals surface area contributed by atoms with Gasteiger partial charge in [-0.2, -0.15) is 4.74 Å². The van der Waals surface area contributed by atoms with E-state index in [2.05, 4.69) is 47.4 Å². The molecule has 0 unspecified atom stereocenters. The average Bonchev–Trinajstić information content (AvgIpc) is 3.08. The zero-order valence-electron chi connectivity index (χ0n) is 16.9. The minimum Gasteiger partial charge on any atom is -0.376 e. The van der Waals surface area contributed by atoms with Gasteiger partial charge in [0.25, 0.3) is 5.56 Å². The Morgan fingerprint density at radius 3 is 2.60 bits per heavy atom. The lowest BCUT2D eigenvalue weighted by Crippen LogP contribution is -2.33. The summed E-state index contributed by atoms with van der Waals surface area (Å²) in [6.45, 7) is 3.83. The molecule has 30 heavy (non-hydrogen) atoms. The molecular formula is C25H25ClN2O2. The maximum Gasteiger partial charge on any atom is 0.290 e. The topological polar surface area (TPSA) is 38.4 Å². The number of likely N-dealkylation sites (tertiary alicyclic amines) is 1. The van der Waals surface area contributed by atoms with Gasteiger partial charge in [0.2, 0.25) is 0 Å². The van der Waals surface area contributed by atoms with Crippen LogP contribution in [-0.4, -0.2) is 22.7 Å². The van der Waals surface area contributed by atoms with Crippen LogP contribution in [-0.2, 0) is 13.1 Å². The number of hydrogen-bond donors (Lipinski definition) is 0. The molecule has 0 N–H and O–H groups in total. The number of piperidine rings is 1. The van der Waals surface area contributed by atoms with Crippen molar-refractivity contribution in [3.05, 3.63) is 81.6 Å². The smallest absolute Gasteiger partial charge is 0.290 e. The van der Waals surface area contributed by atoms with E-state index in [0.717, 1.165) is 38.9 Å². The first-order chi connectivity index (χ1) is 14.7. The Balaban J connectivity index is 1.16. The van der Waals surface area contributed by atoms with Gasteiger partial charge in [-0.1, -0.05) is 48.0 Å². The van der Waals surface area contributed by atoms with Gasteiger partial charge in [-0.25, -0.2) is 0 Å². The van der Waals surface area contributed by atoms with Gasteiger partial charge in [-0.05, 0) is 78.9 Å². The number of benzene rings is 3. The largest absolute Gasteiger partial charge is 0.376 e. The van der Waals surface area contributed by atoms with E-state index in [0.29, 0.717) is 28.5 Å². The monoisotopic (exact) mass is 420 g/mol. The second kappa shape index (κ2) is 8.29. The third-order valence-electron chi connectivity index (χ3n) is 6.27. The van der Waals surface area contributed by atoms with E-state index in [1.54, 1.807) is 18.2 Å². The lowest BCUT2D eigenvalue weighted by molar-refractivity contribution is 0.159. The molecule has 0 radical (unpaired) electrons. The van der Waals surface area contributed by atoms with Crippen molar-refractivity contribution in [1.82, 2.24) is 9.64 Å². The van der Waals surface area contributed by atoms with Crippen LogP contribution in [0.3, 0.4) is 0 Å². The van der Waals surface area contributed by atoms with Crippen LogP contribution in [0, 0.1) is 5.92 Å². The van der Waals surface area contributed by atoms with E-state index < -0.39 is 0 Å². The first-order valence-electron chi connectivity index (χ1n) is 10.7. The molecule has 1 aliphatic heterocycles. The summed E-state index contributed by atoms with van der Waals surface area (Å²) in [5.74, 6) is 0.626. The standard InChI is InChI=1S/C25H25ClN2O2/c26-22-7-8-24-23(16-22)25(29)28(30-24)14-11-18-9-12-27(13-10-18)17-19-5-6-20-3-1-2-4-21(20)15-19/h1-8,15-16,18H,9-14,17H2. The molecule has 1 fully saturated rings. The van der Waals surface area contributed by atoms with Crippen molar-refractivity contribution in [3.63, 3.8) is 0 Å². The number of halogens is 1. The minimum absolute atomic E-state index is 0.0822. The highest BCUT2D eigenvalue weighted by atomic mass is 35.5. The highest BCUT2D eigenvalue weighted by molar-refractivity contribution is 6.31. The molecule has 0 aliphatic carbocycles. The molecule has 4 nitrogen and oxygen atoms in total. The maximum absolute atomic E-state index is 12.5. The van der Waals surface area contributed by atoms with Crippen LogP contribution in [0.2, 0.25) is 5.02 Å². The zero-order valence-corrected chi connectivity index (χ0v) is 17.6. The lowest BCUT2D eigenvalue weighted by atomic mass is 9.93. The van der Waals surface area contributed by atoms with E-state index in [1.165, 1.54) is 21.1 Å². The van der Waals surface area contributed by atoms with Gasteiger partial charge in [0, 0.05) is 11.6 Å². The third-order valence-corrected chi connectivity index (χ3v) is 6.51. The fraction of sp³-hybridized carbons (Fsp3) is 0.320. The maximum atomic E-state index is 12.5. The molecule has 0 atom stereocenters. The van der Waals surface area contributed by atoms with Crippen LogP contribution in [0.1, 0.15) is 24.8 Å². The summed E-state index contributed by atoms with van der Waals surface area (Å²) < 4.78 is 7.20. The molecule has 154 valence electrons. The van der Waals surface area contributed by atoms with Crippen LogP contribution in [0.25, 0.3) is 21.7 Å². The van der Waals surface area contributed by atoms with Crippen LogP contribution >= 0.6 is 11.6 Å². The second-order valence-corrected chi connectivity index (χ2v) is 8.77. The summed E-state index contributed by atoms with van der Waals surface area (Å²) in [6, 6.07) is 20.5. The first kappa shape index (κ1) is 19.4. The minimum atomic E-state index is -0.0822. The van der Waals surface area contributed by atoms with Crippen molar-refractivity contribution >= 4 is 33.3 Å². The molecule has 0 saturated carbocycles. The van der Waals surface area contributed by atoms with Crippen molar-refractivity contribution in [1.29, 1.82) is 0 Å². The Bertz CT molecular complexity index is 1230. The lowest BCUT2D eigenvalue weighted by Gasteiger charge is -2.32. The molecule has 2 heterocycles. The fourth-order valence-electron chi connectivity index (χ4n) is 4.52. The Hall–Kier alpha value is -2.56. The van der Waals surface area contributed by atoms with Crippen molar-refractivity contribution in [3.8, 4) is 0 Å². The predicted molar refractivity (Wildman–Crippen MR) is 122 cm³/mol. The van der Waals surface area contributed by atoms with Crippen molar-refractivity contribution in [2.45, 2.75) is 32.4 Å². The van der Waals surface area contributed by atoms with Crippen molar-refractivity contribution < 1.29 is 4.52 Å². The molecule has 1 saturated heterocycles. The van der Waals surface area contributed by atoms with Crippen LogP contribution in [0.5, 0.6) is 0 Å². The summed E-state index contributed by atoms with van der Waals surface area (Å²) in [5, 5.41) is 3.73. The molecule has 0 spiro atoms. The molecule has 4 aromatic rings. The summed E-state index contributed by atoms with van der Waals surface area (Å²) >= 11 is 6.00. The van der Waals surface area contributed by atoms with Crippen molar-refractivity contribution in [2.24, 2.45) is 5.92 Å². The average molecular weight is 421 g/mol. The van der Waals surface area contributed by atoms with Gasteiger partial charge in [0.15, 0.2) is 5.58 Å². The fourth-order valence-corrected chi connectivity index (χ4v) is 4.69. The summed E-state index contributed by atoms with van der Waals surface area (Å²) in [4.78, 5) is 15.0. The number of aryl methyl sites for hydroxylation is 1. The van der Waals surface area contributed by atoms with E-state index in [1.807, 2.05) is 0 Å². The first-order valence-corrected chi connectivity index (χ1v) is 11.0. The SMILES string of the molecule is O=c1c2cc(Cl)ccc2on1CCC1CCN(Cc2ccc3ccccc3c2)CC1. The van der Waals surface area contributed by atoms with Crippen LogP contribution in [0.15, 0.2) is 70.0 Å². The predicted octanol–water partition coefficient (Wildman–Crippen LogP) is 5.70. The van der Waals surface area contributed by atoms with Crippen LogP contribution in [0.4, 0.5) is 0 Å². The summed E-state index contributed by atoms with van der Waals surface area (Å²) in [5.41, 5.74) is 1.90. The molecule has 5 heteroatoms. The number of aromatic nitrogens is 1. The van der Waals surface area contributed by atoms with Gasteiger partial charge in [-0.3, -0.25) is 9.69 Å². The Labute approximate surface area is 180 Å². The van der Waals surface area contributed by atoms with Gasteiger partial charge < -0.3 is 4.52 Å². The molecule has 0 bridgehead atoms. The Morgan fingerprint density at radius 2 is 1.77 bits per heavy atom. The molecule has 0 amide bonds. The molecule has 1 aromatic heterocycles. The number of fused-ring (bicyclic) bond motifs is 2. The quantitative estimate of drug-likeness (QED) is 0.415. The normalized spacial score (nSPS) is 15.9. The second-order valence-electron chi connectivity index (χ2n) is 8.33. The van der Waals surface area contributed by atoms with Gasteiger partial charge in [0.05, 0.1) is 11.9 Å². The van der Waals surface area contributed by atoms with Crippen molar-refractivity contribution in [2.75, 3.05) is 13.1 Å². The number of hydrogen-bond acceptors (Lipinski definition) is 3. The Morgan fingerprint density at radius 1 is 0.967 bits per heavy atom. The van der Waals surface area contributed by atoms with E-state index in [-0.39, 0.29) is 5.56 Å². The highest BCUT2D eigenvalue weighted by Gasteiger charge is 2.20. The molecule has 1 aliphatic rings. The van der Waals surface area contributed by atoms with Gasteiger partial charge in [0.1, 0.15) is 0 Å². The van der Waals surface area contributed by atoms with E-state index in [4.69, 9.17) is 16.1 Å². The summed E-state index contributed by atoms with van der Waals surface area (Å²) in [7, 11) is 0. The zero-order chi connectivity index (χ0) is 20.5. The number of nitrogens with zero attached hydrogens (tertiary/aromatic N) is 2. The molecule has 3 aromatic carbocycles. The van der Waals surface area contributed by atoms with E-state index in [9.17, 15) is 4.79 Å².